The second-order valence-corrected chi connectivity index (χ2v) is 9.39. The maximum Gasteiger partial charge on any atom is 0.00952 e. The van der Waals surface area contributed by atoms with Gasteiger partial charge in [-0.1, -0.05) is 117 Å². The first-order valence-corrected chi connectivity index (χ1v) is 13.1. The van der Waals surface area contributed by atoms with Crippen LogP contribution in [-0.2, 0) is 0 Å². The molecule has 1 fully saturated rings. The summed E-state index contributed by atoms with van der Waals surface area (Å²) < 4.78 is 0. The molecule has 0 heterocycles. The lowest BCUT2D eigenvalue weighted by atomic mass is 9.92. The Morgan fingerprint density at radius 1 is 0.593 bits per heavy atom. The predicted molar refractivity (Wildman–Crippen MR) is 124 cm³/mol. The molecule has 27 heavy (non-hydrogen) atoms. The van der Waals surface area contributed by atoms with E-state index in [0.717, 1.165) is 12.0 Å². The molecular weight excluding hydrogens is 326 g/mol. The van der Waals surface area contributed by atoms with Gasteiger partial charge in [-0.2, -0.15) is 0 Å². The molecule has 0 spiro atoms. The molecule has 0 bridgehead atoms. The molecule has 0 atom stereocenters. The Hall–Kier alpha value is -0.0400. The summed E-state index contributed by atoms with van der Waals surface area (Å²) >= 11 is 0. The van der Waals surface area contributed by atoms with Gasteiger partial charge >= 0.3 is 0 Å². The monoisotopic (exact) mass is 379 g/mol. The molecule has 0 aliphatic heterocycles. The lowest BCUT2D eigenvalue weighted by Crippen LogP contribution is -2.38. The minimum absolute atomic E-state index is 0.921. The fraction of sp³-hybridized carbons (Fsp3) is 1.00. The predicted octanol–water partition coefficient (Wildman–Crippen LogP) is 8.76. The number of hydrogen-bond acceptors (Lipinski definition) is 1. The van der Waals surface area contributed by atoms with E-state index in [0.29, 0.717) is 0 Å². The van der Waals surface area contributed by atoms with Gasteiger partial charge in [0.05, 0.1) is 0 Å². The summed E-state index contributed by atoms with van der Waals surface area (Å²) in [4.78, 5) is 2.87. The molecule has 1 aliphatic rings. The van der Waals surface area contributed by atoms with Crippen LogP contribution < -0.4 is 0 Å². The number of hydrogen-bond donors (Lipinski definition) is 0. The quantitative estimate of drug-likeness (QED) is 0.215. The van der Waals surface area contributed by atoms with E-state index in [9.17, 15) is 0 Å². The van der Waals surface area contributed by atoms with Gasteiger partial charge in [0.15, 0.2) is 0 Å². The van der Waals surface area contributed by atoms with Crippen LogP contribution in [0.3, 0.4) is 0 Å². The first-order chi connectivity index (χ1) is 13.3. The van der Waals surface area contributed by atoms with Gasteiger partial charge in [-0.25, -0.2) is 0 Å². The van der Waals surface area contributed by atoms with Crippen LogP contribution >= 0.6 is 0 Å². The summed E-state index contributed by atoms with van der Waals surface area (Å²) in [7, 11) is 0. The van der Waals surface area contributed by atoms with Crippen molar-refractivity contribution in [3.8, 4) is 0 Å². The highest BCUT2D eigenvalue weighted by molar-refractivity contribution is 4.75. The Labute approximate surface area is 173 Å². The molecule has 0 saturated heterocycles. The molecule has 1 aliphatic carbocycles. The minimum Gasteiger partial charge on any atom is -0.300 e. The summed E-state index contributed by atoms with van der Waals surface area (Å²) in [6, 6.07) is 0.921. The third kappa shape index (κ3) is 12.9. The van der Waals surface area contributed by atoms with Crippen molar-refractivity contribution in [1.29, 1.82) is 0 Å². The summed E-state index contributed by atoms with van der Waals surface area (Å²) in [6.07, 6.45) is 27.6. The molecule has 0 radical (unpaired) electrons. The first-order valence-electron chi connectivity index (χ1n) is 13.1. The van der Waals surface area contributed by atoms with Crippen molar-refractivity contribution in [3.05, 3.63) is 0 Å². The van der Waals surface area contributed by atoms with Gasteiger partial charge < -0.3 is 4.90 Å². The van der Waals surface area contributed by atoms with Crippen molar-refractivity contribution in [1.82, 2.24) is 4.90 Å². The smallest absolute Gasteiger partial charge is 0.00952 e. The van der Waals surface area contributed by atoms with Crippen molar-refractivity contribution in [2.75, 3.05) is 13.1 Å². The van der Waals surface area contributed by atoms with Gasteiger partial charge in [-0.05, 0) is 44.7 Å². The van der Waals surface area contributed by atoms with E-state index in [2.05, 4.69) is 25.7 Å². The highest BCUT2D eigenvalue weighted by Gasteiger charge is 2.19. The third-order valence-electron chi connectivity index (χ3n) is 6.84. The summed E-state index contributed by atoms with van der Waals surface area (Å²) in [5.74, 6) is 1.02. The Kier molecular flexibility index (Phi) is 16.7. The lowest BCUT2D eigenvalue weighted by molar-refractivity contribution is 0.150. The molecule has 0 aromatic heterocycles. The molecule has 1 rings (SSSR count). The second-order valence-electron chi connectivity index (χ2n) is 9.39. The highest BCUT2D eigenvalue weighted by Crippen LogP contribution is 2.24. The third-order valence-corrected chi connectivity index (χ3v) is 6.84. The fourth-order valence-electron chi connectivity index (χ4n) is 5.17. The van der Waals surface area contributed by atoms with Gasteiger partial charge in [0.2, 0.25) is 0 Å². The zero-order chi connectivity index (χ0) is 19.6. The van der Waals surface area contributed by atoms with Gasteiger partial charge in [-0.15, -0.1) is 0 Å². The maximum atomic E-state index is 2.87. The van der Waals surface area contributed by atoms with Crippen molar-refractivity contribution in [2.45, 2.75) is 149 Å². The van der Waals surface area contributed by atoms with Crippen LogP contribution in [0.1, 0.15) is 143 Å². The van der Waals surface area contributed by atoms with Crippen LogP contribution in [0.4, 0.5) is 0 Å². The van der Waals surface area contributed by atoms with Gasteiger partial charge in [0.1, 0.15) is 0 Å². The summed E-state index contributed by atoms with van der Waals surface area (Å²) in [6.45, 7) is 9.77. The van der Waals surface area contributed by atoms with Crippen LogP contribution in [0.2, 0.25) is 0 Å². The topological polar surface area (TPSA) is 3.24 Å². The van der Waals surface area contributed by atoms with Crippen molar-refractivity contribution in [2.24, 2.45) is 5.92 Å². The van der Waals surface area contributed by atoms with E-state index in [-0.39, 0.29) is 0 Å². The molecule has 1 nitrogen and oxygen atoms in total. The Morgan fingerprint density at radius 3 is 1.74 bits per heavy atom. The number of rotatable bonds is 18. The van der Waals surface area contributed by atoms with Crippen molar-refractivity contribution < 1.29 is 0 Å². The number of nitrogens with zero attached hydrogens (tertiary/aromatic N) is 1. The summed E-state index contributed by atoms with van der Waals surface area (Å²) in [5.41, 5.74) is 0. The van der Waals surface area contributed by atoms with Crippen LogP contribution in [0, 0.1) is 5.92 Å². The Balaban J connectivity index is 2.02. The van der Waals surface area contributed by atoms with E-state index in [1.54, 1.807) is 0 Å². The Morgan fingerprint density at radius 2 is 1.15 bits per heavy atom. The largest absolute Gasteiger partial charge is 0.300 e. The molecule has 1 heteroatoms. The average Bonchev–Trinajstić information content (AvgIpc) is 2.70. The molecule has 0 N–H and O–H groups in total. The molecule has 0 aromatic carbocycles. The molecule has 162 valence electrons. The minimum atomic E-state index is 0.921. The second kappa shape index (κ2) is 18.0. The van der Waals surface area contributed by atoms with Crippen molar-refractivity contribution >= 4 is 0 Å². The SMILES string of the molecule is CCCCN(CCCCCCCCCC(CCC)CCC)C1CCCCC1. The van der Waals surface area contributed by atoms with Gasteiger partial charge in [0, 0.05) is 6.04 Å². The zero-order valence-electron chi connectivity index (χ0n) is 19.5. The van der Waals surface area contributed by atoms with Crippen LogP contribution in [0.25, 0.3) is 0 Å². The van der Waals surface area contributed by atoms with Crippen LogP contribution in [0.15, 0.2) is 0 Å². The van der Waals surface area contributed by atoms with Gasteiger partial charge in [-0.3, -0.25) is 0 Å². The van der Waals surface area contributed by atoms with Crippen LogP contribution in [-0.4, -0.2) is 24.0 Å². The zero-order valence-corrected chi connectivity index (χ0v) is 19.5. The van der Waals surface area contributed by atoms with Crippen LogP contribution in [0.5, 0.6) is 0 Å². The molecule has 0 aromatic rings. The molecule has 0 amide bonds. The molecule has 1 saturated carbocycles. The highest BCUT2D eigenvalue weighted by atomic mass is 15.1. The average molecular weight is 380 g/mol. The first kappa shape index (κ1) is 25.0. The maximum absolute atomic E-state index is 2.87. The van der Waals surface area contributed by atoms with E-state index >= 15 is 0 Å². The van der Waals surface area contributed by atoms with E-state index in [4.69, 9.17) is 0 Å². The van der Waals surface area contributed by atoms with E-state index in [1.807, 2.05) is 0 Å². The summed E-state index contributed by atoms with van der Waals surface area (Å²) in [5, 5.41) is 0. The molecule has 0 unspecified atom stereocenters. The Bertz CT molecular complexity index is 289. The number of unbranched alkanes of at least 4 members (excludes halogenated alkanes) is 7. The van der Waals surface area contributed by atoms with Gasteiger partial charge in [0.25, 0.3) is 0 Å². The normalized spacial score (nSPS) is 15.9. The van der Waals surface area contributed by atoms with Crippen molar-refractivity contribution in [3.63, 3.8) is 0 Å². The van der Waals surface area contributed by atoms with E-state index < -0.39 is 0 Å². The lowest BCUT2D eigenvalue weighted by Gasteiger charge is -2.34. The van der Waals surface area contributed by atoms with E-state index in [1.165, 1.54) is 135 Å². The standard InChI is InChI=1S/C26H53N/c1-4-7-23-27(26-21-15-13-16-22-26)24-17-12-10-8-9-11-14-20-25(18-5-2)19-6-3/h25-26H,4-24H2,1-3H3. The fourth-order valence-corrected chi connectivity index (χ4v) is 5.17. The molecular formula is C26H53N.